The molecule has 1 amide bonds. The quantitative estimate of drug-likeness (QED) is 0.614. The Morgan fingerprint density at radius 2 is 2.11 bits per heavy atom. The van der Waals surface area contributed by atoms with Crippen LogP contribution >= 0.6 is 35.0 Å². The summed E-state index contributed by atoms with van der Waals surface area (Å²) in [6.07, 6.45) is 1.40. The van der Waals surface area contributed by atoms with Crippen LogP contribution in [0.1, 0.15) is 18.4 Å². The van der Waals surface area contributed by atoms with Gasteiger partial charge in [-0.05, 0) is 30.5 Å². The van der Waals surface area contributed by atoms with Gasteiger partial charge in [-0.2, -0.15) is 28.8 Å². The molecule has 0 bridgehead atoms. The minimum absolute atomic E-state index is 0.0845. The predicted molar refractivity (Wildman–Crippen MR) is 113 cm³/mol. The monoisotopic (exact) mass is 453 g/mol. The van der Waals surface area contributed by atoms with Crippen molar-refractivity contribution >= 4 is 51.1 Å². The van der Waals surface area contributed by atoms with Crippen LogP contribution in [0, 0.1) is 5.92 Å². The van der Waals surface area contributed by atoms with Gasteiger partial charge in [0.05, 0.1) is 5.92 Å². The van der Waals surface area contributed by atoms with Crippen molar-refractivity contribution in [3.63, 3.8) is 0 Å². The zero-order chi connectivity index (χ0) is 20.0. The van der Waals surface area contributed by atoms with Crippen LogP contribution in [0.15, 0.2) is 18.2 Å². The van der Waals surface area contributed by atoms with E-state index in [0.29, 0.717) is 36.0 Å². The van der Waals surface area contributed by atoms with Crippen LogP contribution in [0.5, 0.6) is 0 Å². The number of hydrogen-bond acceptors (Lipinski definition) is 4. The molecule has 1 aliphatic rings. The molecule has 0 saturated carbocycles. The number of benzene rings is 1. The fraction of sp³-hybridized carbons (Fsp3) is 0.588. The number of rotatable bonds is 8. The first-order valence-corrected chi connectivity index (χ1v) is 12.0. The zero-order valence-electron chi connectivity index (χ0n) is 15.5. The number of nitrogens with zero attached hydrogens (tertiary/aromatic N) is 2. The van der Waals surface area contributed by atoms with Crippen molar-refractivity contribution in [3.8, 4) is 0 Å². The maximum atomic E-state index is 12.4. The Labute approximate surface area is 175 Å². The molecule has 1 saturated heterocycles. The van der Waals surface area contributed by atoms with Crippen LogP contribution in [0.25, 0.3) is 0 Å². The second-order valence-electron chi connectivity index (χ2n) is 6.57. The lowest BCUT2D eigenvalue weighted by Gasteiger charge is -2.32. The Balaban J connectivity index is 1.74. The molecule has 0 radical (unpaired) electrons. The molecule has 0 aliphatic carbocycles. The molecule has 2 rings (SSSR count). The number of halogens is 2. The van der Waals surface area contributed by atoms with Crippen molar-refractivity contribution in [1.82, 2.24) is 13.9 Å². The van der Waals surface area contributed by atoms with Gasteiger partial charge in [0.1, 0.15) is 0 Å². The van der Waals surface area contributed by atoms with E-state index in [1.54, 1.807) is 17.8 Å². The summed E-state index contributed by atoms with van der Waals surface area (Å²) in [6.45, 7) is 1.23. The fourth-order valence-corrected chi connectivity index (χ4v) is 5.42. The zero-order valence-corrected chi connectivity index (χ0v) is 18.6. The first kappa shape index (κ1) is 22.8. The molecule has 1 aromatic carbocycles. The highest BCUT2D eigenvalue weighted by Gasteiger charge is 2.33. The van der Waals surface area contributed by atoms with Gasteiger partial charge in [0.25, 0.3) is 10.2 Å². The van der Waals surface area contributed by atoms with Crippen LogP contribution in [-0.2, 0) is 20.8 Å². The van der Waals surface area contributed by atoms with Gasteiger partial charge in [0.15, 0.2) is 0 Å². The molecule has 1 aliphatic heterocycles. The topological polar surface area (TPSA) is 69.7 Å². The molecule has 0 spiro atoms. The second kappa shape index (κ2) is 10.3. The largest absolute Gasteiger partial charge is 0.355 e. The highest BCUT2D eigenvalue weighted by molar-refractivity contribution is 7.98. The Morgan fingerprint density at radius 1 is 1.37 bits per heavy atom. The standard InChI is InChI=1S/C17H25Cl2N3O3S2/c1-21(2)27(24,25)22-8-3-4-13(11-22)17(23)20-7-9-26-12-14-5-6-15(18)10-16(14)19/h5-6,10,13H,3-4,7-9,11-12H2,1-2H3,(H,20,23)/t13-/m0/s1. The third-order valence-electron chi connectivity index (χ3n) is 4.36. The Morgan fingerprint density at radius 3 is 2.78 bits per heavy atom. The summed E-state index contributed by atoms with van der Waals surface area (Å²) in [5.41, 5.74) is 1.01. The third-order valence-corrected chi connectivity index (χ3v) is 7.86. The summed E-state index contributed by atoms with van der Waals surface area (Å²) in [7, 11) is -0.466. The van der Waals surface area contributed by atoms with E-state index in [1.807, 2.05) is 12.1 Å². The number of carbonyl (C=O) groups is 1. The summed E-state index contributed by atoms with van der Waals surface area (Å²) in [5, 5.41) is 4.17. The molecule has 6 nitrogen and oxygen atoms in total. The smallest absolute Gasteiger partial charge is 0.281 e. The molecule has 1 aromatic rings. The van der Waals surface area contributed by atoms with E-state index in [9.17, 15) is 13.2 Å². The van der Waals surface area contributed by atoms with E-state index in [0.717, 1.165) is 17.1 Å². The lowest BCUT2D eigenvalue weighted by Crippen LogP contribution is -2.49. The first-order valence-electron chi connectivity index (χ1n) is 8.69. The highest BCUT2D eigenvalue weighted by atomic mass is 35.5. The van der Waals surface area contributed by atoms with Crippen LogP contribution < -0.4 is 5.32 Å². The van der Waals surface area contributed by atoms with Gasteiger partial charge in [-0.1, -0.05) is 29.3 Å². The summed E-state index contributed by atoms with van der Waals surface area (Å²) in [6, 6.07) is 5.43. The molecule has 1 fully saturated rings. The van der Waals surface area contributed by atoms with Gasteiger partial charge in [-0.3, -0.25) is 4.79 Å². The summed E-state index contributed by atoms with van der Waals surface area (Å²) >= 11 is 13.7. The van der Waals surface area contributed by atoms with Gasteiger partial charge in [0.2, 0.25) is 5.91 Å². The van der Waals surface area contributed by atoms with E-state index in [-0.39, 0.29) is 18.4 Å². The molecule has 1 atom stereocenters. The van der Waals surface area contributed by atoms with Crippen molar-refractivity contribution in [1.29, 1.82) is 0 Å². The van der Waals surface area contributed by atoms with Crippen LogP contribution in [-0.4, -0.2) is 62.4 Å². The van der Waals surface area contributed by atoms with Crippen LogP contribution in [0.3, 0.4) is 0 Å². The SMILES string of the molecule is CN(C)S(=O)(=O)N1CCC[C@H](C(=O)NCCSCc2ccc(Cl)cc2Cl)C1. The molecule has 1 N–H and O–H groups in total. The van der Waals surface area contributed by atoms with Crippen LogP contribution in [0.4, 0.5) is 0 Å². The maximum absolute atomic E-state index is 12.4. The van der Waals surface area contributed by atoms with Gasteiger partial charge in [-0.25, -0.2) is 0 Å². The second-order valence-corrected chi connectivity index (χ2v) is 10.7. The average molecular weight is 454 g/mol. The Hall–Kier alpha value is -0.510. The molecule has 0 unspecified atom stereocenters. The van der Waals surface area contributed by atoms with Crippen molar-refractivity contribution in [3.05, 3.63) is 33.8 Å². The van der Waals surface area contributed by atoms with E-state index in [2.05, 4.69) is 5.32 Å². The van der Waals surface area contributed by atoms with Gasteiger partial charge < -0.3 is 5.32 Å². The van der Waals surface area contributed by atoms with Crippen molar-refractivity contribution in [2.45, 2.75) is 18.6 Å². The van der Waals surface area contributed by atoms with Crippen LogP contribution in [0.2, 0.25) is 10.0 Å². The molecular formula is C17H25Cl2N3O3S2. The number of piperidine rings is 1. The lowest BCUT2D eigenvalue weighted by atomic mass is 9.99. The average Bonchev–Trinajstić information content (AvgIpc) is 2.62. The van der Waals surface area contributed by atoms with E-state index >= 15 is 0 Å². The summed E-state index contributed by atoms with van der Waals surface area (Å²) in [5.74, 6) is 1.10. The number of hydrogen-bond donors (Lipinski definition) is 1. The normalized spacial score (nSPS) is 18.6. The van der Waals surface area contributed by atoms with Gasteiger partial charge in [-0.15, -0.1) is 0 Å². The number of nitrogens with one attached hydrogen (secondary N) is 1. The summed E-state index contributed by atoms with van der Waals surface area (Å²) < 4.78 is 27.0. The Kier molecular flexibility index (Phi) is 8.70. The number of thioether (sulfide) groups is 1. The molecule has 152 valence electrons. The lowest BCUT2D eigenvalue weighted by molar-refractivity contribution is -0.125. The summed E-state index contributed by atoms with van der Waals surface area (Å²) in [4.78, 5) is 12.4. The Bertz CT molecular complexity index is 760. The van der Waals surface area contributed by atoms with Crippen molar-refractivity contribution in [2.75, 3.05) is 39.5 Å². The maximum Gasteiger partial charge on any atom is 0.281 e. The minimum Gasteiger partial charge on any atom is -0.355 e. The van der Waals surface area contributed by atoms with Crippen molar-refractivity contribution < 1.29 is 13.2 Å². The van der Waals surface area contributed by atoms with Gasteiger partial charge >= 0.3 is 0 Å². The highest BCUT2D eigenvalue weighted by Crippen LogP contribution is 2.24. The van der Waals surface area contributed by atoms with E-state index in [4.69, 9.17) is 23.2 Å². The minimum atomic E-state index is -3.47. The predicted octanol–water partition coefficient (Wildman–Crippen LogP) is 2.86. The molecule has 1 heterocycles. The third kappa shape index (κ3) is 6.51. The molecule has 10 heteroatoms. The molecule has 27 heavy (non-hydrogen) atoms. The first-order chi connectivity index (χ1) is 12.7. The van der Waals surface area contributed by atoms with E-state index in [1.165, 1.54) is 22.7 Å². The van der Waals surface area contributed by atoms with E-state index < -0.39 is 10.2 Å². The molecule has 0 aromatic heterocycles. The molecular weight excluding hydrogens is 429 g/mol. The number of amides is 1. The fourth-order valence-electron chi connectivity index (χ4n) is 2.81. The van der Waals surface area contributed by atoms with Gasteiger partial charge in [0, 0.05) is 55.3 Å². The number of carbonyl (C=O) groups excluding carboxylic acids is 1. The van der Waals surface area contributed by atoms with Crippen molar-refractivity contribution in [2.24, 2.45) is 5.92 Å².